The fourth-order valence-electron chi connectivity index (χ4n) is 0.471. The minimum atomic E-state index is -5.06. The van der Waals surface area contributed by atoms with Gasteiger partial charge < -0.3 is 0 Å². The van der Waals surface area contributed by atoms with E-state index in [1.807, 2.05) is 0 Å². The van der Waals surface area contributed by atoms with E-state index in [9.17, 15) is 26.2 Å². The van der Waals surface area contributed by atoms with Crippen LogP contribution >= 0.6 is 8.03 Å². The lowest BCUT2D eigenvalue weighted by Crippen LogP contribution is -2.30. The van der Waals surface area contributed by atoms with Gasteiger partial charge in [-0.15, -0.1) is 4.52 Å². The Morgan fingerprint density at radius 2 is 1.79 bits per heavy atom. The molecule has 0 aliphatic carbocycles. The first-order chi connectivity index (χ1) is 6.08. The summed E-state index contributed by atoms with van der Waals surface area (Å²) in [6.45, 7) is 0. The predicted molar refractivity (Wildman–Crippen MR) is 40.4 cm³/mol. The summed E-state index contributed by atoms with van der Waals surface area (Å²) < 4.78 is 75.0. The normalized spacial score (nSPS) is 16.5. The van der Waals surface area contributed by atoms with Crippen molar-refractivity contribution in [3.63, 3.8) is 0 Å². The second-order valence-electron chi connectivity index (χ2n) is 2.16. The second kappa shape index (κ2) is 4.52. The first kappa shape index (κ1) is 13.8. The van der Waals surface area contributed by atoms with Crippen molar-refractivity contribution in [2.75, 3.05) is 13.4 Å². The molecule has 0 spiro atoms. The van der Waals surface area contributed by atoms with Gasteiger partial charge in [0.15, 0.2) is 0 Å². The van der Waals surface area contributed by atoms with Crippen LogP contribution in [0.25, 0.3) is 0 Å². The summed E-state index contributed by atoms with van der Waals surface area (Å²) >= 11 is 0. The Labute approximate surface area is 79.2 Å². The lowest BCUT2D eigenvalue weighted by molar-refractivity contribution is -0.169. The van der Waals surface area contributed by atoms with Crippen LogP contribution in [0.2, 0.25) is 0 Å². The van der Waals surface area contributed by atoms with E-state index in [4.69, 9.17) is 0 Å². The van der Waals surface area contributed by atoms with Crippen LogP contribution in [0.3, 0.4) is 0 Å². The highest BCUT2D eigenvalue weighted by molar-refractivity contribution is 7.86. The van der Waals surface area contributed by atoms with E-state index in [2.05, 4.69) is 8.71 Å². The van der Waals surface area contributed by atoms with E-state index in [0.717, 1.165) is 7.11 Å². The largest absolute Gasteiger partial charge is 0.551 e. The quantitative estimate of drug-likeness (QED) is 0.558. The maximum Gasteiger partial charge on any atom is 0.551 e. The molecule has 0 aromatic carbocycles. The van der Waals surface area contributed by atoms with Crippen molar-refractivity contribution in [2.45, 2.75) is 12.0 Å². The third-order valence-electron chi connectivity index (χ3n) is 0.917. The van der Waals surface area contributed by atoms with Gasteiger partial charge in [-0.25, -0.2) is 4.18 Å². The molecular weight excluding hydrogens is 248 g/mol. The number of hydrogen-bond donors (Lipinski definition) is 0. The molecule has 0 heterocycles. The predicted octanol–water partition coefficient (Wildman–Crippen LogP) is 1.24. The lowest BCUT2D eigenvalue weighted by atomic mass is 10.7. The fraction of sp³-hybridized carbons (Fsp3) is 1.00. The van der Waals surface area contributed by atoms with Gasteiger partial charge in [0, 0.05) is 0 Å². The zero-order valence-electron chi connectivity index (χ0n) is 7.11. The summed E-state index contributed by atoms with van der Waals surface area (Å²) in [7, 11) is -6.86. The molecule has 0 aliphatic heterocycles. The Morgan fingerprint density at radius 3 is 2.00 bits per heavy atom. The number of hydrogen-bond acceptors (Lipinski definition) is 5. The highest BCUT2D eigenvalue weighted by atomic mass is 32.2. The molecule has 0 N–H and O–H groups in total. The molecule has 0 radical (unpaired) electrons. The van der Waals surface area contributed by atoms with Crippen LogP contribution in [0, 0.1) is 0 Å². The molecule has 84 valence electrons. The van der Waals surface area contributed by atoms with Crippen molar-refractivity contribution in [1.82, 2.24) is 0 Å². The SMILES string of the molecule is CO[P+](=O)C(OS(C)(=O)=O)C(F)(F)F. The maximum atomic E-state index is 12.0. The molecule has 0 amide bonds. The van der Waals surface area contributed by atoms with Crippen molar-refractivity contribution >= 4 is 18.1 Å². The van der Waals surface area contributed by atoms with E-state index in [1.165, 1.54) is 0 Å². The molecule has 0 aliphatic rings. The van der Waals surface area contributed by atoms with Gasteiger partial charge in [-0.3, -0.25) is 0 Å². The topological polar surface area (TPSA) is 69.7 Å². The minimum Gasteiger partial charge on any atom is -0.206 e. The molecule has 2 atom stereocenters. The zero-order chi connectivity index (χ0) is 11.6. The van der Waals surface area contributed by atoms with Crippen LogP contribution in [0.15, 0.2) is 0 Å². The van der Waals surface area contributed by atoms with Gasteiger partial charge in [-0.1, -0.05) is 0 Å². The van der Waals surface area contributed by atoms with Crippen molar-refractivity contribution in [3.05, 3.63) is 0 Å². The third-order valence-corrected chi connectivity index (χ3v) is 2.74. The van der Waals surface area contributed by atoms with E-state index in [0.29, 0.717) is 6.26 Å². The Balaban J connectivity index is 4.85. The van der Waals surface area contributed by atoms with E-state index in [1.54, 1.807) is 0 Å². The molecule has 10 heteroatoms. The summed E-state index contributed by atoms with van der Waals surface area (Å²) in [4.78, 5) is 0. The van der Waals surface area contributed by atoms with Crippen molar-refractivity contribution in [1.29, 1.82) is 0 Å². The van der Waals surface area contributed by atoms with Crippen LogP contribution in [0.5, 0.6) is 0 Å². The highest BCUT2D eigenvalue weighted by Gasteiger charge is 2.58. The van der Waals surface area contributed by atoms with Gasteiger partial charge in [-0.2, -0.15) is 21.6 Å². The molecule has 2 unspecified atom stereocenters. The van der Waals surface area contributed by atoms with Crippen LogP contribution in [-0.2, 0) is 23.4 Å². The average molecular weight is 255 g/mol. The molecular formula is C4H7F3O5PS+. The zero-order valence-corrected chi connectivity index (χ0v) is 8.82. The fourth-order valence-corrected chi connectivity index (χ4v) is 2.09. The first-order valence-corrected chi connectivity index (χ1v) is 6.09. The highest BCUT2D eigenvalue weighted by Crippen LogP contribution is 2.41. The summed E-state index contributed by atoms with van der Waals surface area (Å²) in [5.41, 5.74) is 0. The smallest absolute Gasteiger partial charge is 0.206 e. The third kappa shape index (κ3) is 4.85. The van der Waals surface area contributed by atoms with Crippen molar-refractivity contribution < 1.29 is 34.9 Å². The molecule has 14 heavy (non-hydrogen) atoms. The molecule has 0 aromatic heterocycles. The van der Waals surface area contributed by atoms with Crippen molar-refractivity contribution in [2.24, 2.45) is 0 Å². The molecule has 0 saturated heterocycles. The molecule has 0 saturated carbocycles. The maximum absolute atomic E-state index is 12.0. The van der Waals surface area contributed by atoms with Gasteiger partial charge >= 0.3 is 20.0 Å². The number of halogens is 3. The van der Waals surface area contributed by atoms with Crippen LogP contribution in [-0.4, -0.2) is 33.8 Å². The van der Waals surface area contributed by atoms with Crippen LogP contribution in [0.1, 0.15) is 0 Å². The van der Waals surface area contributed by atoms with Gasteiger partial charge in [0.1, 0.15) is 0 Å². The van der Waals surface area contributed by atoms with Crippen LogP contribution in [0.4, 0.5) is 13.2 Å². The van der Waals surface area contributed by atoms with E-state index < -0.39 is 30.2 Å². The van der Waals surface area contributed by atoms with Crippen LogP contribution < -0.4 is 0 Å². The molecule has 0 bridgehead atoms. The van der Waals surface area contributed by atoms with E-state index in [-0.39, 0.29) is 0 Å². The van der Waals surface area contributed by atoms with Gasteiger partial charge in [-0.05, 0) is 4.57 Å². The number of alkyl halides is 3. The second-order valence-corrected chi connectivity index (χ2v) is 5.17. The molecule has 0 fully saturated rings. The van der Waals surface area contributed by atoms with Gasteiger partial charge in [0.05, 0.1) is 13.4 Å². The average Bonchev–Trinajstić information content (AvgIpc) is 1.95. The minimum absolute atomic E-state index is 0.421. The van der Waals surface area contributed by atoms with Gasteiger partial charge in [0.25, 0.3) is 10.1 Å². The monoisotopic (exact) mass is 255 g/mol. The first-order valence-electron chi connectivity index (χ1n) is 3.03. The lowest BCUT2D eigenvalue weighted by Gasteiger charge is -2.08. The standard InChI is InChI=1S/C4H7F3O5PS/c1-11-13(8)3(4(5,6)7)12-14(2,9)10/h3H,1-2H3/q+1. The van der Waals surface area contributed by atoms with Gasteiger partial charge in [0.2, 0.25) is 0 Å². The Morgan fingerprint density at radius 1 is 1.36 bits per heavy atom. The van der Waals surface area contributed by atoms with Crippen molar-refractivity contribution in [3.8, 4) is 0 Å². The van der Waals surface area contributed by atoms with E-state index >= 15 is 0 Å². The summed E-state index contributed by atoms with van der Waals surface area (Å²) in [5.74, 6) is -2.96. The summed E-state index contributed by atoms with van der Waals surface area (Å²) in [6.07, 6.45) is -4.64. The summed E-state index contributed by atoms with van der Waals surface area (Å²) in [6, 6.07) is 0. The Kier molecular flexibility index (Phi) is 4.44. The number of rotatable bonds is 4. The Bertz CT molecular complexity index is 309. The summed E-state index contributed by atoms with van der Waals surface area (Å²) in [5, 5.41) is 0. The molecule has 0 rings (SSSR count). The molecule has 5 nitrogen and oxygen atoms in total. The Hall–Kier alpha value is -0.240. The molecule has 0 aromatic rings.